The van der Waals surface area contributed by atoms with Gasteiger partial charge < -0.3 is 5.32 Å². The number of rotatable bonds is 9. The molecule has 0 atom stereocenters. The topological polar surface area (TPSA) is 29.9 Å². The third kappa shape index (κ3) is 3.83. The Labute approximate surface area is 122 Å². The fourth-order valence-electron chi connectivity index (χ4n) is 2.61. The molecule has 1 N–H and O–H groups in total. The lowest BCUT2D eigenvalue weighted by Crippen LogP contribution is -2.12. The molecule has 0 saturated carbocycles. The molecule has 1 heterocycles. The van der Waals surface area contributed by atoms with Gasteiger partial charge in [0.05, 0.1) is 11.2 Å². The van der Waals surface area contributed by atoms with E-state index >= 15 is 0 Å². The lowest BCUT2D eigenvalue weighted by Gasteiger charge is -2.03. The van der Waals surface area contributed by atoms with Gasteiger partial charge in [0.15, 0.2) is 0 Å². The van der Waals surface area contributed by atoms with Crippen LogP contribution in [-0.2, 0) is 13.1 Å². The number of fused-ring (bicyclic) bond motifs is 1. The quantitative estimate of drug-likeness (QED) is 0.697. The first-order chi connectivity index (χ1) is 9.86. The van der Waals surface area contributed by atoms with Gasteiger partial charge in [-0.05, 0) is 19.0 Å². The van der Waals surface area contributed by atoms with E-state index in [0.717, 1.165) is 19.6 Å². The van der Waals surface area contributed by atoms with E-state index in [1.54, 1.807) is 0 Å². The Morgan fingerprint density at radius 1 is 1.05 bits per heavy atom. The van der Waals surface area contributed by atoms with Crippen molar-refractivity contribution >= 4 is 10.9 Å². The van der Waals surface area contributed by atoms with Crippen molar-refractivity contribution in [1.29, 1.82) is 0 Å². The average Bonchev–Trinajstić information content (AvgIpc) is 2.83. The first-order valence-electron chi connectivity index (χ1n) is 8.02. The monoisotopic (exact) mass is 273 g/mol. The average molecular weight is 273 g/mol. The number of benzene rings is 1. The van der Waals surface area contributed by atoms with Crippen molar-refractivity contribution in [3.05, 3.63) is 30.0 Å². The van der Waals surface area contributed by atoms with E-state index < -0.39 is 0 Å². The van der Waals surface area contributed by atoms with Crippen LogP contribution < -0.4 is 5.32 Å². The van der Waals surface area contributed by atoms with Crippen molar-refractivity contribution < 1.29 is 0 Å². The lowest BCUT2D eigenvalue weighted by atomic mass is 10.1. The summed E-state index contributed by atoms with van der Waals surface area (Å²) in [5.74, 6) is 0. The molecule has 20 heavy (non-hydrogen) atoms. The molecule has 3 heteroatoms. The minimum absolute atomic E-state index is 0.861. The second-order valence-electron chi connectivity index (χ2n) is 5.38. The number of nitrogens with one attached hydrogen (secondary N) is 1. The van der Waals surface area contributed by atoms with E-state index in [4.69, 9.17) is 5.10 Å². The van der Waals surface area contributed by atoms with Crippen molar-refractivity contribution in [3.8, 4) is 0 Å². The van der Waals surface area contributed by atoms with Crippen LogP contribution in [0.3, 0.4) is 0 Å². The van der Waals surface area contributed by atoms with Gasteiger partial charge in [-0.25, -0.2) is 0 Å². The number of unbranched alkanes of at least 4 members (excludes halogenated alkanes) is 4. The first kappa shape index (κ1) is 15.0. The van der Waals surface area contributed by atoms with Gasteiger partial charge in [0, 0.05) is 18.5 Å². The molecule has 110 valence electrons. The van der Waals surface area contributed by atoms with Crippen molar-refractivity contribution in [2.24, 2.45) is 0 Å². The van der Waals surface area contributed by atoms with E-state index in [1.807, 2.05) is 0 Å². The van der Waals surface area contributed by atoms with E-state index in [1.165, 1.54) is 48.7 Å². The second kappa shape index (κ2) is 8.05. The molecule has 3 nitrogen and oxygen atoms in total. The first-order valence-corrected chi connectivity index (χ1v) is 8.02. The number of aromatic nitrogens is 2. The summed E-state index contributed by atoms with van der Waals surface area (Å²) in [5, 5.41) is 9.47. The maximum absolute atomic E-state index is 4.80. The van der Waals surface area contributed by atoms with Crippen LogP contribution in [0, 0.1) is 0 Å². The maximum atomic E-state index is 4.80. The van der Waals surface area contributed by atoms with E-state index in [-0.39, 0.29) is 0 Å². The molecule has 1 aromatic heterocycles. The molecular formula is C17H27N3. The van der Waals surface area contributed by atoms with Gasteiger partial charge in [0.2, 0.25) is 0 Å². The summed E-state index contributed by atoms with van der Waals surface area (Å²) in [6.07, 6.45) is 6.54. The van der Waals surface area contributed by atoms with Crippen LogP contribution in [0.2, 0.25) is 0 Å². The Morgan fingerprint density at radius 3 is 2.65 bits per heavy atom. The van der Waals surface area contributed by atoms with Crippen molar-refractivity contribution in [2.45, 2.75) is 59.0 Å². The van der Waals surface area contributed by atoms with Gasteiger partial charge in [0.25, 0.3) is 0 Å². The lowest BCUT2D eigenvalue weighted by molar-refractivity contribution is 0.537. The molecule has 0 fully saturated rings. The summed E-state index contributed by atoms with van der Waals surface area (Å²) in [4.78, 5) is 0. The summed E-state index contributed by atoms with van der Waals surface area (Å²) in [6.45, 7) is 7.27. The minimum Gasteiger partial charge on any atom is -0.311 e. The zero-order chi connectivity index (χ0) is 14.2. The van der Waals surface area contributed by atoms with Crippen molar-refractivity contribution in [3.63, 3.8) is 0 Å². The molecule has 1 aromatic carbocycles. The molecule has 0 unspecified atom stereocenters. The van der Waals surface area contributed by atoms with Crippen LogP contribution in [0.1, 0.15) is 51.6 Å². The van der Waals surface area contributed by atoms with Crippen LogP contribution in [0.25, 0.3) is 10.9 Å². The summed E-state index contributed by atoms with van der Waals surface area (Å²) >= 11 is 0. The molecule has 0 spiro atoms. The molecule has 0 aliphatic heterocycles. The Kier molecular flexibility index (Phi) is 6.06. The summed E-state index contributed by atoms with van der Waals surface area (Å²) in [5.41, 5.74) is 2.45. The minimum atomic E-state index is 0.861. The summed E-state index contributed by atoms with van der Waals surface area (Å²) in [6, 6.07) is 8.58. The zero-order valence-corrected chi connectivity index (χ0v) is 12.9. The number of hydrogen-bond acceptors (Lipinski definition) is 2. The van der Waals surface area contributed by atoms with E-state index in [0.29, 0.717) is 0 Å². The van der Waals surface area contributed by atoms with Gasteiger partial charge in [0.1, 0.15) is 0 Å². The highest BCUT2D eigenvalue weighted by Gasteiger charge is 2.08. The number of nitrogens with zero attached hydrogens (tertiary/aromatic N) is 2. The Morgan fingerprint density at radius 2 is 1.85 bits per heavy atom. The molecule has 0 aliphatic rings. The molecule has 0 amide bonds. The Hall–Kier alpha value is -1.35. The van der Waals surface area contributed by atoms with Gasteiger partial charge in [-0.1, -0.05) is 57.7 Å². The molecule has 0 saturated heterocycles. The molecular weight excluding hydrogens is 246 g/mol. The van der Waals surface area contributed by atoms with E-state index in [9.17, 15) is 0 Å². The Balaban J connectivity index is 2.04. The molecule has 0 radical (unpaired) electrons. The van der Waals surface area contributed by atoms with Crippen molar-refractivity contribution in [1.82, 2.24) is 15.1 Å². The third-order valence-corrected chi connectivity index (χ3v) is 3.75. The summed E-state index contributed by atoms with van der Waals surface area (Å²) in [7, 11) is 0. The van der Waals surface area contributed by atoms with Crippen molar-refractivity contribution in [2.75, 3.05) is 6.54 Å². The Bertz CT molecular complexity index is 516. The largest absolute Gasteiger partial charge is 0.311 e. The number of para-hydroxylation sites is 1. The van der Waals surface area contributed by atoms with Crippen LogP contribution >= 0.6 is 0 Å². The molecule has 2 aromatic rings. The predicted octanol–water partition coefficient (Wildman–Crippen LogP) is 4.12. The smallest absolute Gasteiger partial charge is 0.0841 e. The highest BCUT2D eigenvalue weighted by molar-refractivity contribution is 5.81. The van der Waals surface area contributed by atoms with Gasteiger partial charge in [-0.2, -0.15) is 5.10 Å². The predicted molar refractivity (Wildman–Crippen MR) is 85.9 cm³/mol. The zero-order valence-electron chi connectivity index (χ0n) is 12.9. The van der Waals surface area contributed by atoms with Crippen LogP contribution in [0.15, 0.2) is 24.3 Å². The molecule has 2 rings (SSSR count). The standard InChI is InChI=1S/C17H27N3/c1-3-5-6-7-10-13-20-17-12-9-8-11-15(17)16(19-20)14-18-4-2/h8-9,11-12,18H,3-7,10,13-14H2,1-2H3. The van der Waals surface area contributed by atoms with Crippen LogP contribution in [0.5, 0.6) is 0 Å². The molecule has 0 bridgehead atoms. The van der Waals surface area contributed by atoms with Gasteiger partial charge in [-0.15, -0.1) is 0 Å². The number of hydrogen-bond donors (Lipinski definition) is 1. The summed E-state index contributed by atoms with van der Waals surface area (Å²) < 4.78 is 2.19. The third-order valence-electron chi connectivity index (χ3n) is 3.75. The maximum Gasteiger partial charge on any atom is 0.0841 e. The highest BCUT2D eigenvalue weighted by Crippen LogP contribution is 2.19. The molecule has 0 aliphatic carbocycles. The van der Waals surface area contributed by atoms with Gasteiger partial charge in [-0.3, -0.25) is 4.68 Å². The van der Waals surface area contributed by atoms with E-state index in [2.05, 4.69) is 48.1 Å². The highest BCUT2D eigenvalue weighted by atomic mass is 15.3. The van der Waals surface area contributed by atoms with Gasteiger partial charge >= 0.3 is 0 Å². The fraction of sp³-hybridized carbons (Fsp3) is 0.588. The fourth-order valence-corrected chi connectivity index (χ4v) is 2.61. The van der Waals surface area contributed by atoms with Crippen LogP contribution in [-0.4, -0.2) is 16.3 Å². The normalized spacial score (nSPS) is 11.3. The van der Waals surface area contributed by atoms with Crippen LogP contribution in [0.4, 0.5) is 0 Å². The second-order valence-corrected chi connectivity index (χ2v) is 5.38. The number of aryl methyl sites for hydroxylation is 1. The SMILES string of the molecule is CCCCCCCn1nc(CNCC)c2ccccc21.